The molecule has 1 fully saturated rings. The molecule has 1 atom stereocenters. The first-order chi connectivity index (χ1) is 16.9. The number of Topliss-reactive ketones (excluding diaryl/α,β-unsaturated/α-hetero) is 1. The molecule has 1 saturated heterocycles. The van der Waals surface area contributed by atoms with Crippen LogP contribution < -0.4 is 9.64 Å². The molecule has 35 heavy (non-hydrogen) atoms. The molecular formula is C26H18ClN3O4S. The minimum atomic E-state index is -0.884. The van der Waals surface area contributed by atoms with Gasteiger partial charge in [-0.1, -0.05) is 29.0 Å². The Morgan fingerprint density at radius 3 is 2.89 bits per heavy atom. The summed E-state index contributed by atoms with van der Waals surface area (Å²) in [6.07, 6.45) is 3.91. The molecule has 0 radical (unpaired) electrons. The van der Waals surface area contributed by atoms with Gasteiger partial charge < -0.3 is 9.84 Å². The molecule has 0 saturated carbocycles. The topological polar surface area (TPSA) is 92.6 Å². The van der Waals surface area contributed by atoms with Crippen LogP contribution in [-0.4, -0.2) is 33.4 Å². The monoisotopic (exact) mass is 503 g/mol. The number of halogens is 1. The summed E-state index contributed by atoms with van der Waals surface area (Å²) in [6, 6.07) is 11.5. The minimum absolute atomic E-state index is 0.00432. The fourth-order valence-electron chi connectivity index (χ4n) is 4.51. The fourth-order valence-corrected chi connectivity index (χ4v) is 5.74. The average molecular weight is 504 g/mol. The van der Waals surface area contributed by atoms with E-state index in [4.69, 9.17) is 16.3 Å². The first kappa shape index (κ1) is 21.8. The number of aliphatic hydroxyl groups excluding tert-OH is 1. The number of aromatic nitrogens is 2. The van der Waals surface area contributed by atoms with Crippen molar-refractivity contribution >= 4 is 55.7 Å². The number of ether oxygens (including phenoxy) is 1. The van der Waals surface area contributed by atoms with E-state index in [9.17, 15) is 14.7 Å². The molecule has 2 aliphatic rings. The first-order valence-corrected chi connectivity index (χ1v) is 12.2. The molecular weight excluding hydrogens is 486 g/mol. The van der Waals surface area contributed by atoms with Gasteiger partial charge in [0.2, 0.25) is 0 Å². The van der Waals surface area contributed by atoms with Crippen LogP contribution >= 0.6 is 22.9 Å². The van der Waals surface area contributed by atoms with Crippen LogP contribution in [0.15, 0.2) is 60.4 Å². The molecule has 1 N–H and O–H groups in total. The summed E-state index contributed by atoms with van der Waals surface area (Å²) >= 11 is 7.57. The molecule has 2 aromatic carbocycles. The summed E-state index contributed by atoms with van der Waals surface area (Å²) in [4.78, 5) is 36.9. The standard InChI is InChI=1S/C26H18ClN3O4S/c1-13-9-20-18(11-17(13)27)29-26(35-20)30-22(16-3-2-7-28-12-16)21(24(32)25(30)33)23(31)15-4-5-19-14(10-15)6-8-34-19/h2-5,7,9-12,22,31H,6,8H2,1H3/b23-21+. The van der Waals surface area contributed by atoms with Crippen molar-refractivity contribution in [2.75, 3.05) is 11.5 Å². The Balaban J connectivity index is 1.54. The van der Waals surface area contributed by atoms with Crippen LogP contribution in [0, 0.1) is 6.92 Å². The van der Waals surface area contributed by atoms with Gasteiger partial charge in [0.1, 0.15) is 11.5 Å². The number of rotatable bonds is 3. The van der Waals surface area contributed by atoms with E-state index in [0.717, 1.165) is 21.6 Å². The molecule has 2 aliphatic heterocycles. The maximum absolute atomic E-state index is 13.4. The van der Waals surface area contributed by atoms with Crippen LogP contribution in [0.3, 0.4) is 0 Å². The highest BCUT2D eigenvalue weighted by atomic mass is 35.5. The van der Waals surface area contributed by atoms with Crippen LogP contribution in [0.25, 0.3) is 16.0 Å². The third-order valence-electron chi connectivity index (χ3n) is 6.27. The highest BCUT2D eigenvalue weighted by Crippen LogP contribution is 2.45. The second-order valence-electron chi connectivity index (χ2n) is 8.44. The lowest BCUT2D eigenvalue weighted by molar-refractivity contribution is -0.132. The number of amides is 1. The predicted octanol–water partition coefficient (Wildman–Crippen LogP) is 5.21. The largest absolute Gasteiger partial charge is 0.507 e. The highest BCUT2D eigenvalue weighted by molar-refractivity contribution is 7.22. The Morgan fingerprint density at radius 1 is 1.23 bits per heavy atom. The number of nitrogens with zero attached hydrogens (tertiary/aromatic N) is 3. The number of fused-ring (bicyclic) bond motifs is 2. The number of carbonyl (C=O) groups is 2. The average Bonchev–Trinajstić information content (AvgIpc) is 3.55. The lowest BCUT2D eigenvalue weighted by Crippen LogP contribution is -2.29. The maximum Gasteiger partial charge on any atom is 0.301 e. The Labute approximate surface area is 209 Å². The molecule has 0 aliphatic carbocycles. The molecule has 4 aromatic rings. The molecule has 2 aromatic heterocycles. The number of ketones is 1. The van der Waals surface area contributed by atoms with Crippen LogP contribution in [-0.2, 0) is 16.0 Å². The number of aryl methyl sites for hydroxylation is 1. The summed E-state index contributed by atoms with van der Waals surface area (Å²) in [6.45, 7) is 2.46. The Bertz CT molecular complexity index is 1520. The van der Waals surface area contributed by atoms with Crippen molar-refractivity contribution in [2.45, 2.75) is 19.4 Å². The van der Waals surface area contributed by atoms with Crippen LogP contribution in [0.5, 0.6) is 5.75 Å². The highest BCUT2D eigenvalue weighted by Gasteiger charge is 2.48. The lowest BCUT2D eigenvalue weighted by Gasteiger charge is -2.22. The number of hydrogen-bond acceptors (Lipinski definition) is 7. The van der Waals surface area contributed by atoms with Crippen molar-refractivity contribution in [3.63, 3.8) is 0 Å². The Hall–Kier alpha value is -3.75. The molecule has 9 heteroatoms. The Kier molecular flexibility index (Phi) is 5.09. The molecule has 174 valence electrons. The molecule has 6 rings (SSSR count). The van der Waals surface area contributed by atoms with Gasteiger partial charge in [0.05, 0.1) is 28.4 Å². The summed E-state index contributed by atoms with van der Waals surface area (Å²) in [5.41, 5.74) is 3.50. The van der Waals surface area contributed by atoms with Crippen molar-refractivity contribution in [2.24, 2.45) is 0 Å². The van der Waals surface area contributed by atoms with E-state index < -0.39 is 17.7 Å². The van der Waals surface area contributed by atoms with E-state index in [1.807, 2.05) is 13.0 Å². The fraction of sp³-hybridized carbons (Fsp3) is 0.154. The Morgan fingerprint density at radius 2 is 2.09 bits per heavy atom. The van der Waals surface area contributed by atoms with Crippen LogP contribution in [0.2, 0.25) is 5.02 Å². The molecule has 7 nitrogen and oxygen atoms in total. The van der Waals surface area contributed by atoms with Gasteiger partial charge in [-0.05, 0) is 60.0 Å². The van der Waals surface area contributed by atoms with E-state index in [1.165, 1.54) is 16.2 Å². The number of hydrogen-bond donors (Lipinski definition) is 1. The normalized spacial score (nSPS) is 18.8. The van der Waals surface area contributed by atoms with E-state index >= 15 is 0 Å². The van der Waals surface area contributed by atoms with Crippen molar-refractivity contribution in [1.29, 1.82) is 0 Å². The zero-order valence-electron chi connectivity index (χ0n) is 18.5. The smallest absolute Gasteiger partial charge is 0.301 e. The summed E-state index contributed by atoms with van der Waals surface area (Å²) in [7, 11) is 0. The molecule has 1 unspecified atom stereocenters. The van der Waals surface area contributed by atoms with E-state index in [0.29, 0.717) is 39.8 Å². The molecule has 0 spiro atoms. The summed E-state index contributed by atoms with van der Waals surface area (Å²) < 4.78 is 6.40. The van der Waals surface area contributed by atoms with E-state index in [1.54, 1.807) is 48.8 Å². The molecule has 0 bridgehead atoms. The van der Waals surface area contributed by atoms with Crippen LogP contribution in [0.4, 0.5) is 5.13 Å². The van der Waals surface area contributed by atoms with Gasteiger partial charge in [-0.2, -0.15) is 0 Å². The number of anilines is 1. The number of carbonyl (C=O) groups excluding carboxylic acids is 2. The summed E-state index contributed by atoms with van der Waals surface area (Å²) in [5.74, 6) is -1.02. The number of pyridine rings is 1. The van der Waals surface area contributed by atoms with E-state index in [-0.39, 0.29) is 11.3 Å². The second kappa shape index (κ2) is 8.18. The van der Waals surface area contributed by atoms with Gasteiger partial charge in [-0.15, -0.1) is 0 Å². The second-order valence-corrected chi connectivity index (χ2v) is 9.86. The van der Waals surface area contributed by atoms with Gasteiger partial charge in [-0.25, -0.2) is 4.98 Å². The van der Waals surface area contributed by atoms with E-state index in [2.05, 4.69) is 9.97 Å². The van der Waals surface area contributed by atoms with Gasteiger partial charge in [-0.3, -0.25) is 19.5 Å². The van der Waals surface area contributed by atoms with Crippen LogP contribution in [0.1, 0.15) is 28.3 Å². The number of aliphatic hydroxyl groups is 1. The minimum Gasteiger partial charge on any atom is -0.507 e. The third kappa shape index (κ3) is 3.48. The van der Waals surface area contributed by atoms with Gasteiger partial charge in [0.15, 0.2) is 5.13 Å². The predicted molar refractivity (Wildman–Crippen MR) is 134 cm³/mol. The van der Waals surface area contributed by atoms with Crippen molar-refractivity contribution in [3.8, 4) is 5.75 Å². The van der Waals surface area contributed by atoms with Gasteiger partial charge >= 0.3 is 5.91 Å². The van der Waals surface area contributed by atoms with Crippen molar-refractivity contribution in [1.82, 2.24) is 9.97 Å². The first-order valence-electron chi connectivity index (χ1n) is 11.0. The lowest BCUT2D eigenvalue weighted by atomic mass is 9.95. The zero-order valence-corrected chi connectivity index (χ0v) is 20.1. The SMILES string of the molecule is Cc1cc2sc(N3C(=O)C(=O)/C(=C(/O)c4ccc5c(c4)CCO5)C3c3cccnc3)nc2cc1Cl. The number of benzene rings is 2. The molecule has 4 heterocycles. The maximum atomic E-state index is 13.4. The number of thiazole rings is 1. The van der Waals surface area contributed by atoms with Gasteiger partial charge in [0, 0.05) is 29.4 Å². The zero-order chi connectivity index (χ0) is 24.3. The summed E-state index contributed by atoms with van der Waals surface area (Å²) in [5, 5.41) is 12.2. The van der Waals surface area contributed by atoms with Crippen molar-refractivity contribution < 1.29 is 19.4 Å². The van der Waals surface area contributed by atoms with Gasteiger partial charge in [0.25, 0.3) is 5.78 Å². The quantitative estimate of drug-likeness (QED) is 0.234. The van der Waals surface area contributed by atoms with Crippen molar-refractivity contribution in [3.05, 3.63) is 87.7 Å². The molecule has 1 amide bonds. The third-order valence-corrected chi connectivity index (χ3v) is 7.70.